The molecule has 0 spiro atoms. The summed E-state index contributed by atoms with van der Waals surface area (Å²) in [4.78, 5) is 24.5. The molecule has 2 unspecified atom stereocenters. The lowest BCUT2D eigenvalue weighted by molar-refractivity contribution is -0.141. The van der Waals surface area contributed by atoms with Crippen LogP contribution in [0.3, 0.4) is 0 Å². The van der Waals surface area contributed by atoms with Gasteiger partial charge in [-0.05, 0) is 33.1 Å². The molecule has 1 rings (SSSR count). The van der Waals surface area contributed by atoms with Crippen molar-refractivity contribution in [2.75, 3.05) is 6.54 Å². The fourth-order valence-electron chi connectivity index (χ4n) is 2.36. The number of nitrogens with one attached hydrogen (secondary N) is 1. The van der Waals surface area contributed by atoms with Crippen molar-refractivity contribution in [1.29, 1.82) is 5.26 Å². The molecule has 0 heterocycles. The van der Waals surface area contributed by atoms with Crippen LogP contribution in [0.25, 0.3) is 0 Å². The highest BCUT2D eigenvalue weighted by atomic mass is 16.4. The Morgan fingerprint density at radius 3 is 2.63 bits per heavy atom. The number of rotatable bonds is 5. The minimum atomic E-state index is -0.790. The van der Waals surface area contributed by atoms with E-state index >= 15 is 0 Å². The molecule has 6 nitrogen and oxygen atoms in total. The molecule has 6 heteroatoms. The van der Waals surface area contributed by atoms with Crippen molar-refractivity contribution in [3.63, 3.8) is 0 Å². The average molecular weight is 267 g/mol. The first-order chi connectivity index (χ1) is 8.95. The van der Waals surface area contributed by atoms with Crippen molar-refractivity contribution < 1.29 is 14.7 Å². The summed E-state index contributed by atoms with van der Waals surface area (Å²) in [5, 5.41) is 20.4. The molecule has 0 bridgehead atoms. The number of nitriles is 1. The highest BCUT2D eigenvalue weighted by Crippen LogP contribution is 2.25. The van der Waals surface area contributed by atoms with Gasteiger partial charge < -0.3 is 15.3 Å². The van der Waals surface area contributed by atoms with Crippen molar-refractivity contribution >= 4 is 12.0 Å². The van der Waals surface area contributed by atoms with Crippen LogP contribution in [0.4, 0.5) is 4.79 Å². The van der Waals surface area contributed by atoms with E-state index in [1.54, 1.807) is 4.90 Å². The summed E-state index contributed by atoms with van der Waals surface area (Å²) in [5.41, 5.74) is 0. The number of carboxylic acids is 1. The number of nitrogens with zero attached hydrogens (tertiary/aromatic N) is 2. The molecule has 0 saturated heterocycles. The monoisotopic (exact) mass is 267 g/mol. The molecular weight excluding hydrogens is 246 g/mol. The maximum Gasteiger partial charge on any atom is 0.317 e. The van der Waals surface area contributed by atoms with Gasteiger partial charge >= 0.3 is 12.0 Å². The Labute approximate surface area is 113 Å². The van der Waals surface area contributed by atoms with Gasteiger partial charge in [0.1, 0.15) is 0 Å². The summed E-state index contributed by atoms with van der Waals surface area (Å²) in [7, 11) is 0. The Morgan fingerprint density at radius 1 is 1.47 bits per heavy atom. The molecule has 0 radical (unpaired) electrons. The number of hydrogen-bond acceptors (Lipinski definition) is 3. The van der Waals surface area contributed by atoms with E-state index in [-0.39, 0.29) is 24.0 Å². The normalized spacial score (nSPS) is 22.0. The van der Waals surface area contributed by atoms with Crippen LogP contribution in [0.5, 0.6) is 0 Å². The van der Waals surface area contributed by atoms with Crippen LogP contribution < -0.4 is 5.32 Å². The molecule has 1 saturated carbocycles. The van der Waals surface area contributed by atoms with Crippen molar-refractivity contribution in [1.82, 2.24) is 10.2 Å². The molecule has 1 aliphatic carbocycles. The van der Waals surface area contributed by atoms with Crippen LogP contribution in [-0.2, 0) is 4.79 Å². The van der Waals surface area contributed by atoms with Crippen molar-refractivity contribution in [3.05, 3.63) is 0 Å². The van der Waals surface area contributed by atoms with E-state index in [9.17, 15) is 9.59 Å². The minimum Gasteiger partial charge on any atom is -0.481 e. The summed E-state index contributed by atoms with van der Waals surface area (Å²) in [6, 6.07) is 1.76. The average Bonchev–Trinajstić information content (AvgIpc) is 2.77. The van der Waals surface area contributed by atoms with Gasteiger partial charge in [-0.3, -0.25) is 4.79 Å². The Hall–Kier alpha value is -1.77. The Morgan fingerprint density at radius 2 is 2.16 bits per heavy atom. The van der Waals surface area contributed by atoms with Gasteiger partial charge in [-0.25, -0.2) is 4.79 Å². The number of carboxylic acid groups (broad SMARTS) is 1. The maximum atomic E-state index is 12.1. The van der Waals surface area contributed by atoms with Crippen LogP contribution >= 0.6 is 0 Å². The third kappa shape index (κ3) is 4.43. The summed E-state index contributed by atoms with van der Waals surface area (Å²) in [6.45, 7) is 4.19. The van der Waals surface area contributed by atoms with Gasteiger partial charge in [0, 0.05) is 18.6 Å². The van der Waals surface area contributed by atoms with Gasteiger partial charge in [-0.1, -0.05) is 0 Å². The van der Waals surface area contributed by atoms with Gasteiger partial charge in [-0.15, -0.1) is 0 Å². The first-order valence-corrected chi connectivity index (χ1v) is 6.62. The molecule has 1 aliphatic rings. The Bertz CT molecular complexity index is 376. The van der Waals surface area contributed by atoms with Crippen LogP contribution in [0.15, 0.2) is 0 Å². The van der Waals surface area contributed by atoms with E-state index in [1.807, 2.05) is 19.9 Å². The van der Waals surface area contributed by atoms with E-state index in [0.717, 1.165) is 0 Å². The lowest BCUT2D eigenvalue weighted by Crippen LogP contribution is -2.47. The number of carbonyl (C=O) groups is 2. The zero-order chi connectivity index (χ0) is 14.4. The molecule has 19 heavy (non-hydrogen) atoms. The molecule has 0 aliphatic heterocycles. The third-order valence-electron chi connectivity index (χ3n) is 3.46. The Balaban J connectivity index is 2.49. The third-order valence-corrected chi connectivity index (χ3v) is 3.46. The molecule has 2 atom stereocenters. The second-order valence-electron chi connectivity index (χ2n) is 5.19. The van der Waals surface area contributed by atoms with Gasteiger partial charge in [0.25, 0.3) is 0 Å². The minimum absolute atomic E-state index is 0.0185. The van der Waals surface area contributed by atoms with Gasteiger partial charge in [0.2, 0.25) is 0 Å². The predicted octanol–water partition coefficient (Wildman–Crippen LogP) is 1.57. The van der Waals surface area contributed by atoms with Crippen LogP contribution in [0.2, 0.25) is 0 Å². The number of aliphatic carboxylic acids is 1. The number of urea groups is 1. The first-order valence-electron chi connectivity index (χ1n) is 6.62. The highest BCUT2D eigenvalue weighted by Gasteiger charge is 2.31. The summed E-state index contributed by atoms with van der Waals surface area (Å²) in [6.07, 6.45) is 2.10. The number of carbonyl (C=O) groups excluding carboxylic acids is 1. The summed E-state index contributed by atoms with van der Waals surface area (Å²) >= 11 is 0. The zero-order valence-electron chi connectivity index (χ0n) is 11.4. The lowest BCUT2D eigenvalue weighted by Gasteiger charge is -2.27. The van der Waals surface area contributed by atoms with Crippen molar-refractivity contribution in [2.45, 2.75) is 51.6 Å². The fraction of sp³-hybridized carbons (Fsp3) is 0.769. The van der Waals surface area contributed by atoms with Crippen molar-refractivity contribution in [2.24, 2.45) is 5.92 Å². The lowest BCUT2D eigenvalue weighted by atomic mass is 10.1. The summed E-state index contributed by atoms with van der Waals surface area (Å²) < 4.78 is 0. The zero-order valence-corrected chi connectivity index (χ0v) is 11.4. The van der Waals surface area contributed by atoms with Crippen LogP contribution in [0, 0.1) is 17.2 Å². The molecule has 1 fully saturated rings. The second kappa shape index (κ2) is 6.98. The predicted molar refractivity (Wildman–Crippen MR) is 69.4 cm³/mol. The fourth-order valence-corrected chi connectivity index (χ4v) is 2.36. The highest BCUT2D eigenvalue weighted by molar-refractivity contribution is 5.75. The van der Waals surface area contributed by atoms with E-state index in [1.165, 1.54) is 0 Å². The maximum absolute atomic E-state index is 12.1. The molecule has 0 aromatic heterocycles. The topological polar surface area (TPSA) is 93.4 Å². The van der Waals surface area contributed by atoms with E-state index in [4.69, 9.17) is 10.4 Å². The summed E-state index contributed by atoms with van der Waals surface area (Å²) in [5.74, 6) is -1.14. The number of hydrogen-bond donors (Lipinski definition) is 2. The molecule has 2 N–H and O–H groups in total. The largest absolute Gasteiger partial charge is 0.481 e. The van der Waals surface area contributed by atoms with E-state index in [0.29, 0.717) is 32.2 Å². The molecule has 106 valence electrons. The quantitative estimate of drug-likeness (QED) is 0.790. The Kier molecular flexibility index (Phi) is 5.61. The molecule has 2 amide bonds. The van der Waals surface area contributed by atoms with Crippen molar-refractivity contribution in [3.8, 4) is 6.07 Å². The van der Waals surface area contributed by atoms with Gasteiger partial charge in [0.15, 0.2) is 0 Å². The SMILES string of the molecule is CC(C)N(CCC#N)C(=O)NC1CCC(C(=O)O)C1. The second-order valence-corrected chi connectivity index (χ2v) is 5.19. The standard InChI is InChI=1S/C13H21N3O3/c1-9(2)16(7-3-6-14)13(19)15-11-5-4-10(8-11)12(17)18/h9-11H,3-5,7-8H2,1-2H3,(H,15,19)(H,17,18). The van der Waals surface area contributed by atoms with E-state index < -0.39 is 5.97 Å². The van der Waals surface area contributed by atoms with E-state index in [2.05, 4.69) is 5.32 Å². The van der Waals surface area contributed by atoms with Gasteiger partial charge in [-0.2, -0.15) is 5.26 Å². The number of amides is 2. The molecular formula is C13H21N3O3. The first kappa shape index (κ1) is 15.3. The van der Waals surface area contributed by atoms with Crippen LogP contribution in [-0.4, -0.2) is 40.6 Å². The van der Waals surface area contributed by atoms with Crippen LogP contribution in [0.1, 0.15) is 39.5 Å². The molecule has 0 aromatic rings. The molecule has 0 aromatic carbocycles. The smallest absolute Gasteiger partial charge is 0.317 e. The van der Waals surface area contributed by atoms with Gasteiger partial charge in [0.05, 0.1) is 18.4 Å².